The van der Waals surface area contributed by atoms with E-state index in [-0.39, 0.29) is 19.0 Å². The summed E-state index contributed by atoms with van der Waals surface area (Å²) >= 11 is 0. The van der Waals surface area contributed by atoms with Gasteiger partial charge < -0.3 is 14.2 Å². The highest BCUT2D eigenvalue weighted by molar-refractivity contribution is 5.81. The van der Waals surface area contributed by atoms with Crippen molar-refractivity contribution in [3.8, 4) is 11.5 Å². The van der Waals surface area contributed by atoms with Gasteiger partial charge in [0.1, 0.15) is 24.7 Å². The molecule has 0 saturated carbocycles. The molecule has 0 saturated heterocycles. The van der Waals surface area contributed by atoms with Gasteiger partial charge in [0.2, 0.25) is 0 Å². The van der Waals surface area contributed by atoms with Crippen molar-refractivity contribution in [2.75, 3.05) is 27.4 Å². The predicted molar refractivity (Wildman–Crippen MR) is 55.4 cm³/mol. The third-order valence-corrected chi connectivity index (χ3v) is 1.76. The number of rotatable bonds is 6. The quantitative estimate of drug-likeness (QED) is 0.709. The second-order valence-corrected chi connectivity index (χ2v) is 2.94. The molecule has 0 spiro atoms. The maximum Gasteiger partial charge on any atom is 0.195 e. The third-order valence-electron chi connectivity index (χ3n) is 1.76. The van der Waals surface area contributed by atoms with Crippen LogP contribution in [0.2, 0.25) is 0 Å². The number of ketones is 1. The van der Waals surface area contributed by atoms with Crippen molar-refractivity contribution in [2.24, 2.45) is 0 Å². The van der Waals surface area contributed by atoms with E-state index in [0.29, 0.717) is 5.75 Å². The van der Waals surface area contributed by atoms with Crippen molar-refractivity contribution in [3.63, 3.8) is 0 Å². The SMILES string of the molecule is COCC(=O)COc1ccc(OC)cc1. The third kappa shape index (κ3) is 3.99. The molecule has 4 heteroatoms. The van der Waals surface area contributed by atoms with E-state index in [4.69, 9.17) is 9.47 Å². The first-order chi connectivity index (χ1) is 7.26. The topological polar surface area (TPSA) is 44.8 Å². The Morgan fingerprint density at radius 3 is 2.20 bits per heavy atom. The first-order valence-electron chi connectivity index (χ1n) is 4.53. The van der Waals surface area contributed by atoms with Gasteiger partial charge >= 0.3 is 0 Å². The molecule has 82 valence electrons. The monoisotopic (exact) mass is 210 g/mol. The van der Waals surface area contributed by atoms with Crippen LogP contribution in [0.4, 0.5) is 0 Å². The Labute approximate surface area is 88.8 Å². The first kappa shape index (κ1) is 11.5. The lowest BCUT2D eigenvalue weighted by Crippen LogP contribution is -2.16. The summed E-state index contributed by atoms with van der Waals surface area (Å²) in [4.78, 5) is 11.1. The van der Waals surface area contributed by atoms with E-state index in [1.54, 1.807) is 31.4 Å². The lowest BCUT2D eigenvalue weighted by atomic mass is 10.3. The summed E-state index contributed by atoms with van der Waals surface area (Å²) in [5, 5.41) is 0. The average Bonchev–Trinajstić information content (AvgIpc) is 2.27. The molecule has 0 heterocycles. The Morgan fingerprint density at radius 1 is 1.07 bits per heavy atom. The molecule has 0 aliphatic heterocycles. The Balaban J connectivity index is 2.40. The minimum absolute atomic E-state index is 0.0279. The molecule has 1 aromatic carbocycles. The molecule has 0 aromatic heterocycles. The van der Waals surface area contributed by atoms with Crippen LogP contribution in [-0.4, -0.2) is 33.2 Å². The fourth-order valence-electron chi connectivity index (χ4n) is 1.04. The Bertz CT molecular complexity index is 305. The molecule has 0 radical (unpaired) electrons. The minimum Gasteiger partial charge on any atom is -0.497 e. The van der Waals surface area contributed by atoms with Crippen molar-refractivity contribution in [1.29, 1.82) is 0 Å². The van der Waals surface area contributed by atoms with E-state index in [0.717, 1.165) is 5.75 Å². The number of hydrogen-bond donors (Lipinski definition) is 0. The van der Waals surface area contributed by atoms with E-state index in [1.165, 1.54) is 7.11 Å². The van der Waals surface area contributed by atoms with Crippen molar-refractivity contribution in [2.45, 2.75) is 0 Å². The molecule has 0 amide bonds. The van der Waals surface area contributed by atoms with Crippen LogP contribution in [0.25, 0.3) is 0 Å². The normalized spacial score (nSPS) is 9.73. The number of carbonyl (C=O) groups excluding carboxylic acids is 1. The van der Waals surface area contributed by atoms with Crippen LogP contribution in [0.5, 0.6) is 11.5 Å². The van der Waals surface area contributed by atoms with E-state index in [1.807, 2.05) is 0 Å². The molecule has 0 atom stereocenters. The van der Waals surface area contributed by atoms with E-state index in [2.05, 4.69) is 4.74 Å². The van der Waals surface area contributed by atoms with Gasteiger partial charge in [-0.2, -0.15) is 0 Å². The average molecular weight is 210 g/mol. The van der Waals surface area contributed by atoms with Gasteiger partial charge in [-0.25, -0.2) is 0 Å². The summed E-state index contributed by atoms with van der Waals surface area (Å²) in [5.41, 5.74) is 0. The summed E-state index contributed by atoms with van der Waals surface area (Å²) in [5.74, 6) is 1.30. The number of hydrogen-bond acceptors (Lipinski definition) is 4. The van der Waals surface area contributed by atoms with Crippen molar-refractivity contribution in [1.82, 2.24) is 0 Å². The summed E-state index contributed by atoms with van der Waals surface area (Å²) in [6, 6.07) is 7.05. The number of benzene rings is 1. The van der Waals surface area contributed by atoms with Crippen LogP contribution in [-0.2, 0) is 9.53 Å². The van der Waals surface area contributed by atoms with Gasteiger partial charge in [0.15, 0.2) is 5.78 Å². The summed E-state index contributed by atoms with van der Waals surface area (Å²) in [7, 11) is 3.07. The number of ether oxygens (including phenoxy) is 3. The summed E-state index contributed by atoms with van der Waals surface area (Å²) in [6.45, 7) is 0.107. The molecule has 0 aliphatic rings. The largest absolute Gasteiger partial charge is 0.497 e. The van der Waals surface area contributed by atoms with Gasteiger partial charge in [-0.3, -0.25) is 4.79 Å². The van der Waals surface area contributed by atoms with E-state index < -0.39 is 0 Å². The summed E-state index contributed by atoms with van der Waals surface area (Å²) in [6.07, 6.45) is 0. The van der Waals surface area contributed by atoms with Gasteiger partial charge in [-0.15, -0.1) is 0 Å². The zero-order chi connectivity index (χ0) is 11.1. The molecule has 1 aromatic rings. The number of Topliss-reactive ketones (excluding diaryl/α,β-unsaturated/α-hetero) is 1. The highest BCUT2D eigenvalue weighted by Gasteiger charge is 2.02. The highest BCUT2D eigenvalue weighted by Crippen LogP contribution is 2.16. The van der Waals surface area contributed by atoms with Gasteiger partial charge in [0.05, 0.1) is 7.11 Å². The first-order valence-corrected chi connectivity index (χ1v) is 4.53. The Kier molecular flexibility index (Phi) is 4.63. The molecule has 0 aliphatic carbocycles. The Morgan fingerprint density at radius 2 is 1.67 bits per heavy atom. The number of methoxy groups -OCH3 is 2. The second-order valence-electron chi connectivity index (χ2n) is 2.94. The van der Waals surface area contributed by atoms with Crippen molar-refractivity contribution < 1.29 is 19.0 Å². The predicted octanol–water partition coefficient (Wildman–Crippen LogP) is 1.29. The number of carbonyl (C=O) groups is 1. The zero-order valence-electron chi connectivity index (χ0n) is 8.86. The van der Waals surface area contributed by atoms with Crippen LogP contribution in [0.3, 0.4) is 0 Å². The van der Waals surface area contributed by atoms with Crippen molar-refractivity contribution >= 4 is 5.78 Å². The van der Waals surface area contributed by atoms with Crippen LogP contribution in [0, 0.1) is 0 Å². The van der Waals surface area contributed by atoms with Crippen LogP contribution in [0.1, 0.15) is 0 Å². The fourth-order valence-corrected chi connectivity index (χ4v) is 1.04. The highest BCUT2D eigenvalue weighted by atomic mass is 16.5. The maximum atomic E-state index is 11.1. The molecule has 0 unspecified atom stereocenters. The lowest BCUT2D eigenvalue weighted by molar-refractivity contribution is -0.124. The molecule has 15 heavy (non-hydrogen) atoms. The van der Waals surface area contributed by atoms with Crippen LogP contribution < -0.4 is 9.47 Å². The zero-order valence-corrected chi connectivity index (χ0v) is 8.86. The van der Waals surface area contributed by atoms with E-state index in [9.17, 15) is 4.79 Å². The van der Waals surface area contributed by atoms with Gasteiger partial charge in [0, 0.05) is 7.11 Å². The van der Waals surface area contributed by atoms with Crippen molar-refractivity contribution in [3.05, 3.63) is 24.3 Å². The minimum atomic E-state index is -0.0895. The molecular weight excluding hydrogens is 196 g/mol. The van der Waals surface area contributed by atoms with Crippen LogP contribution >= 0.6 is 0 Å². The van der Waals surface area contributed by atoms with Crippen LogP contribution in [0.15, 0.2) is 24.3 Å². The van der Waals surface area contributed by atoms with Gasteiger partial charge in [-0.05, 0) is 24.3 Å². The fraction of sp³-hybridized carbons (Fsp3) is 0.364. The maximum absolute atomic E-state index is 11.1. The van der Waals surface area contributed by atoms with Gasteiger partial charge in [0.25, 0.3) is 0 Å². The molecule has 0 fully saturated rings. The lowest BCUT2D eigenvalue weighted by Gasteiger charge is -2.05. The second kappa shape index (κ2) is 6.03. The summed E-state index contributed by atoms with van der Waals surface area (Å²) < 4.78 is 14.9. The van der Waals surface area contributed by atoms with E-state index >= 15 is 0 Å². The smallest absolute Gasteiger partial charge is 0.195 e. The molecule has 0 N–H and O–H groups in total. The standard InChI is InChI=1S/C11H14O4/c1-13-7-9(12)8-15-11-5-3-10(14-2)4-6-11/h3-6H,7-8H2,1-2H3. The molecular formula is C11H14O4. The Hall–Kier alpha value is -1.55. The molecule has 0 bridgehead atoms. The molecule has 4 nitrogen and oxygen atoms in total. The molecule has 1 rings (SSSR count). The van der Waals surface area contributed by atoms with Gasteiger partial charge in [-0.1, -0.05) is 0 Å².